The normalized spacial score (nSPS) is 16.5. The largest absolute Gasteiger partial charge is 0.467 e. The number of anilines is 1. The van der Waals surface area contributed by atoms with Crippen LogP contribution >= 0.6 is 0 Å². The predicted molar refractivity (Wildman–Crippen MR) is 119 cm³/mol. The molecule has 0 spiro atoms. The van der Waals surface area contributed by atoms with Gasteiger partial charge in [-0.3, -0.25) is 0 Å². The summed E-state index contributed by atoms with van der Waals surface area (Å²) in [5, 5.41) is 22.6. The van der Waals surface area contributed by atoms with E-state index in [9.17, 15) is 23.1 Å². The molecule has 1 aromatic heterocycles. The fourth-order valence-electron chi connectivity index (χ4n) is 4.01. The molecule has 0 radical (unpaired) electrons. The molecule has 1 fully saturated rings. The van der Waals surface area contributed by atoms with Gasteiger partial charge in [0.15, 0.2) is 12.6 Å². The average Bonchev–Trinajstić information content (AvgIpc) is 2.82. The smallest absolute Gasteiger partial charge is 0.416 e. The third-order valence-electron chi connectivity index (χ3n) is 5.62. The van der Waals surface area contributed by atoms with Crippen LogP contribution in [-0.4, -0.2) is 59.3 Å². The van der Waals surface area contributed by atoms with Crippen molar-refractivity contribution in [2.45, 2.75) is 25.1 Å². The topological polar surface area (TPSA) is 96.8 Å². The van der Waals surface area contributed by atoms with Gasteiger partial charge in [-0.15, -0.1) is 10.2 Å². The standard InChI is InChI=1S/C23H23F3N4O4/c1-33-13-34-19-11-14(23(24,25)26)8-9-18(19)20-16-6-2-3-7-17(16)21(29-28-20)27-15-5-4-10-30(12-15)22(31)32/h2-3,6-9,11,15H,4-5,10,12-13H2,1H3,(H,27,29)(H,31,32)/t15-/m1/s1. The Bertz CT molecular complexity index is 1190. The molecule has 34 heavy (non-hydrogen) atoms. The molecular formula is C23H23F3N4O4. The van der Waals surface area contributed by atoms with Crippen molar-refractivity contribution in [3.8, 4) is 17.0 Å². The van der Waals surface area contributed by atoms with Crippen molar-refractivity contribution < 1.29 is 32.5 Å². The van der Waals surface area contributed by atoms with E-state index < -0.39 is 17.8 Å². The van der Waals surface area contributed by atoms with Gasteiger partial charge in [0.05, 0.1) is 5.56 Å². The fourth-order valence-corrected chi connectivity index (χ4v) is 4.01. The Kier molecular flexibility index (Phi) is 6.73. The van der Waals surface area contributed by atoms with Crippen LogP contribution in [0.5, 0.6) is 5.75 Å². The lowest BCUT2D eigenvalue weighted by Gasteiger charge is -2.31. The number of nitrogens with zero attached hydrogens (tertiary/aromatic N) is 3. The van der Waals surface area contributed by atoms with Crippen molar-refractivity contribution in [2.24, 2.45) is 0 Å². The predicted octanol–water partition coefficient (Wildman–Crippen LogP) is 4.85. The van der Waals surface area contributed by atoms with E-state index in [0.29, 0.717) is 40.9 Å². The van der Waals surface area contributed by atoms with E-state index in [0.717, 1.165) is 25.0 Å². The van der Waals surface area contributed by atoms with Crippen molar-refractivity contribution in [3.05, 3.63) is 48.0 Å². The molecule has 3 aromatic rings. The van der Waals surface area contributed by atoms with E-state index in [-0.39, 0.29) is 18.6 Å². The van der Waals surface area contributed by atoms with Crippen LogP contribution in [0.4, 0.5) is 23.8 Å². The first-order chi connectivity index (χ1) is 16.3. The highest BCUT2D eigenvalue weighted by Gasteiger charge is 2.32. The first kappa shape index (κ1) is 23.6. The van der Waals surface area contributed by atoms with Gasteiger partial charge in [-0.2, -0.15) is 13.2 Å². The fraction of sp³-hybridized carbons (Fsp3) is 0.348. The Morgan fingerprint density at radius 3 is 2.68 bits per heavy atom. The number of amides is 1. The number of aromatic nitrogens is 2. The zero-order chi connectivity index (χ0) is 24.3. The monoisotopic (exact) mass is 476 g/mol. The number of alkyl halides is 3. The number of fused-ring (bicyclic) bond motifs is 1. The molecule has 0 saturated carbocycles. The lowest BCUT2D eigenvalue weighted by molar-refractivity contribution is -0.137. The molecule has 1 saturated heterocycles. The van der Waals surface area contributed by atoms with Crippen molar-refractivity contribution >= 4 is 22.7 Å². The summed E-state index contributed by atoms with van der Waals surface area (Å²) in [5.41, 5.74) is -0.148. The number of methoxy groups -OCH3 is 1. The second kappa shape index (κ2) is 9.72. The summed E-state index contributed by atoms with van der Waals surface area (Å²) in [4.78, 5) is 12.7. The molecule has 4 rings (SSSR count). The number of carbonyl (C=O) groups is 1. The Morgan fingerprint density at radius 1 is 1.21 bits per heavy atom. The minimum Gasteiger partial charge on any atom is -0.467 e. The SMILES string of the molecule is COCOc1cc(C(F)(F)F)ccc1-c1nnc(N[C@@H]2CCCN(C(=O)O)C2)c2ccccc12. The van der Waals surface area contributed by atoms with E-state index in [1.165, 1.54) is 18.1 Å². The van der Waals surface area contributed by atoms with Crippen LogP contribution in [0.3, 0.4) is 0 Å². The first-order valence-corrected chi connectivity index (χ1v) is 10.6. The number of nitrogens with one attached hydrogen (secondary N) is 1. The average molecular weight is 476 g/mol. The van der Waals surface area contributed by atoms with Gasteiger partial charge in [-0.25, -0.2) is 4.79 Å². The van der Waals surface area contributed by atoms with E-state index >= 15 is 0 Å². The summed E-state index contributed by atoms with van der Waals surface area (Å²) in [7, 11) is 1.37. The maximum Gasteiger partial charge on any atom is 0.416 e. The highest BCUT2D eigenvalue weighted by Crippen LogP contribution is 2.39. The highest BCUT2D eigenvalue weighted by atomic mass is 19.4. The first-order valence-electron chi connectivity index (χ1n) is 10.6. The van der Waals surface area contributed by atoms with Gasteiger partial charge in [-0.05, 0) is 31.0 Å². The van der Waals surface area contributed by atoms with Crippen LogP contribution in [-0.2, 0) is 10.9 Å². The summed E-state index contributed by atoms with van der Waals surface area (Å²) in [5.74, 6) is 0.448. The Morgan fingerprint density at radius 2 is 1.97 bits per heavy atom. The molecule has 1 aliphatic heterocycles. The summed E-state index contributed by atoms with van der Waals surface area (Å²) in [6, 6.07) is 10.3. The van der Waals surface area contributed by atoms with Crippen LogP contribution in [0, 0.1) is 0 Å². The number of halogens is 3. The minimum absolute atomic E-state index is 0.0267. The van der Waals surface area contributed by atoms with Gasteiger partial charge >= 0.3 is 12.3 Å². The Balaban J connectivity index is 1.73. The van der Waals surface area contributed by atoms with E-state index in [1.807, 2.05) is 12.1 Å². The van der Waals surface area contributed by atoms with Crippen LogP contribution in [0.2, 0.25) is 0 Å². The zero-order valence-electron chi connectivity index (χ0n) is 18.3. The third-order valence-corrected chi connectivity index (χ3v) is 5.62. The highest BCUT2D eigenvalue weighted by molar-refractivity contribution is 6.01. The summed E-state index contributed by atoms with van der Waals surface area (Å²) < 4.78 is 50.1. The van der Waals surface area contributed by atoms with Crippen molar-refractivity contribution in [2.75, 3.05) is 32.3 Å². The van der Waals surface area contributed by atoms with Crippen LogP contribution < -0.4 is 10.1 Å². The van der Waals surface area contributed by atoms with Crippen molar-refractivity contribution in [3.63, 3.8) is 0 Å². The molecule has 0 aliphatic carbocycles. The lowest BCUT2D eigenvalue weighted by Crippen LogP contribution is -2.44. The molecule has 8 nitrogen and oxygen atoms in total. The Hall–Kier alpha value is -3.60. The number of piperidine rings is 1. The molecule has 11 heteroatoms. The van der Waals surface area contributed by atoms with E-state index in [2.05, 4.69) is 15.5 Å². The molecule has 0 bridgehead atoms. The molecule has 2 N–H and O–H groups in total. The molecule has 180 valence electrons. The quantitative estimate of drug-likeness (QED) is 0.491. The van der Waals surface area contributed by atoms with Crippen molar-refractivity contribution in [1.82, 2.24) is 15.1 Å². The number of hydrogen-bond acceptors (Lipinski definition) is 6. The van der Waals surface area contributed by atoms with Crippen LogP contribution in [0.1, 0.15) is 18.4 Å². The number of benzene rings is 2. The summed E-state index contributed by atoms with van der Waals surface area (Å²) in [6.45, 7) is 0.569. The number of carboxylic acid groups (broad SMARTS) is 1. The van der Waals surface area contributed by atoms with Gasteiger partial charge in [0.25, 0.3) is 0 Å². The van der Waals surface area contributed by atoms with Crippen LogP contribution in [0.25, 0.3) is 22.0 Å². The number of rotatable bonds is 6. The molecule has 1 aliphatic rings. The maximum absolute atomic E-state index is 13.3. The number of ether oxygens (including phenoxy) is 2. The van der Waals surface area contributed by atoms with Gasteiger partial charge in [-0.1, -0.05) is 24.3 Å². The Labute approximate surface area is 193 Å². The maximum atomic E-state index is 13.3. The number of hydrogen-bond donors (Lipinski definition) is 2. The zero-order valence-corrected chi connectivity index (χ0v) is 18.3. The van der Waals surface area contributed by atoms with Crippen molar-refractivity contribution in [1.29, 1.82) is 0 Å². The minimum atomic E-state index is -4.53. The second-order valence-corrected chi connectivity index (χ2v) is 7.91. The number of likely N-dealkylation sites (tertiary alicyclic amines) is 1. The molecule has 2 aromatic carbocycles. The molecular weight excluding hydrogens is 453 g/mol. The third kappa shape index (κ3) is 4.98. The molecule has 0 unspecified atom stereocenters. The van der Waals surface area contributed by atoms with Crippen LogP contribution in [0.15, 0.2) is 42.5 Å². The summed E-state index contributed by atoms with van der Waals surface area (Å²) in [6.07, 6.45) is -4.01. The van der Waals surface area contributed by atoms with Gasteiger partial charge in [0, 0.05) is 42.6 Å². The van der Waals surface area contributed by atoms with E-state index in [1.54, 1.807) is 12.1 Å². The molecule has 1 atom stereocenters. The van der Waals surface area contributed by atoms with Gasteiger partial charge < -0.3 is 24.8 Å². The molecule has 2 heterocycles. The van der Waals surface area contributed by atoms with Gasteiger partial charge in [0.2, 0.25) is 0 Å². The molecule has 1 amide bonds. The second-order valence-electron chi connectivity index (χ2n) is 7.91. The van der Waals surface area contributed by atoms with Gasteiger partial charge in [0.1, 0.15) is 11.4 Å². The summed E-state index contributed by atoms with van der Waals surface area (Å²) >= 11 is 0. The lowest BCUT2D eigenvalue weighted by atomic mass is 10.0. The van der Waals surface area contributed by atoms with E-state index in [4.69, 9.17) is 9.47 Å².